The highest BCUT2D eigenvalue weighted by Crippen LogP contribution is 1.89. The lowest BCUT2D eigenvalue weighted by molar-refractivity contribution is -0.128. The molecule has 0 aliphatic carbocycles. The first kappa shape index (κ1) is 9.66. The number of hydrogen-bond donors (Lipinski definition) is 2. The van der Waals surface area contributed by atoms with Crippen molar-refractivity contribution in [2.75, 3.05) is 0 Å². The van der Waals surface area contributed by atoms with E-state index in [4.69, 9.17) is 5.11 Å². The van der Waals surface area contributed by atoms with Gasteiger partial charge in [-0.15, -0.1) is 0 Å². The Morgan fingerprint density at radius 1 is 1.85 bits per heavy atom. The molecule has 0 bridgehead atoms. The predicted molar refractivity (Wildman–Crippen MR) is 44.5 cm³/mol. The third-order valence-corrected chi connectivity index (χ3v) is 1.47. The molecule has 1 aromatic heterocycles. The second kappa shape index (κ2) is 3.99. The molecule has 1 atom stereocenters. The van der Waals surface area contributed by atoms with Crippen LogP contribution in [-0.2, 0) is 18.4 Å². The maximum Gasteiger partial charge on any atom is 0.248 e. The molecule has 6 nitrogen and oxygen atoms in total. The van der Waals surface area contributed by atoms with E-state index in [-0.39, 0.29) is 6.54 Å². The van der Waals surface area contributed by atoms with Gasteiger partial charge in [-0.25, -0.2) is 0 Å². The minimum Gasteiger partial charge on any atom is -0.384 e. The molecule has 72 valence electrons. The minimum absolute atomic E-state index is 0.289. The smallest absolute Gasteiger partial charge is 0.248 e. The molecule has 2 N–H and O–H groups in total. The maximum atomic E-state index is 10.9. The number of aryl methyl sites for hydroxylation is 1. The number of aromatic nitrogens is 3. The Kier molecular flexibility index (Phi) is 2.97. The summed E-state index contributed by atoms with van der Waals surface area (Å²) in [5.41, 5.74) is 0.663. The molecule has 1 aromatic rings. The summed E-state index contributed by atoms with van der Waals surface area (Å²) in [6.45, 7) is 1.70. The maximum absolute atomic E-state index is 10.9. The van der Waals surface area contributed by atoms with E-state index in [2.05, 4.69) is 15.5 Å². The second-order valence-electron chi connectivity index (χ2n) is 2.72. The van der Waals surface area contributed by atoms with Crippen LogP contribution in [0.2, 0.25) is 0 Å². The van der Waals surface area contributed by atoms with Crippen molar-refractivity contribution in [2.45, 2.75) is 19.6 Å². The Morgan fingerprint density at radius 2 is 2.54 bits per heavy atom. The van der Waals surface area contributed by atoms with Gasteiger partial charge < -0.3 is 10.4 Å². The summed E-state index contributed by atoms with van der Waals surface area (Å²) in [4.78, 5) is 12.3. The van der Waals surface area contributed by atoms with Crippen molar-refractivity contribution in [3.63, 3.8) is 0 Å². The number of carbonyl (C=O) groups is 1. The third kappa shape index (κ3) is 2.83. The number of hydrogen-bond acceptors (Lipinski definition) is 4. The van der Waals surface area contributed by atoms with E-state index in [1.165, 1.54) is 11.7 Å². The Balaban J connectivity index is 2.39. The minimum atomic E-state index is -0.989. The number of aliphatic hydroxyl groups is 1. The number of carbonyl (C=O) groups excluding carboxylic acids is 1. The van der Waals surface area contributed by atoms with Gasteiger partial charge in [-0.1, -0.05) is 0 Å². The molecule has 6 heteroatoms. The van der Waals surface area contributed by atoms with Gasteiger partial charge in [0.1, 0.15) is 11.8 Å². The molecule has 0 aliphatic rings. The van der Waals surface area contributed by atoms with Gasteiger partial charge >= 0.3 is 0 Å². The quantitative estimate of drug-likeness (QED) is 0.619. The fraction of sp³-hybridized carbons (Fsp3) is 0.571. The van der Waals surface area contributed by atoms with Crippen LogP contribution < -0.4 is 5.32 Å². The molecule has 1 heterocycles. The average molecular weight is 184 g/mol. The molecule has 0 spiro atoms. The van der Waals surface area contributed by atoms with Crippen molar-refractivity contribution >= 4 is 5.91 Å². The summed E-state index contributed by atoms with van der Waals surface area (Å²) in [7, 11) is 1.69. The first-order valence-electron chi connectivity index (χ1n) is 3.90. The third-order valence-electron chi connectivity index (χ3n) is 1.47. The number of amides is 1. The van der Waals surface area contributed by atoms with E-state index in [1.54, 1.807) is 13.2 Å². The number of nitrogens with zero attached hydrogens (tertiary/aromatic N) is 3. The van der Waals surface area contributed by atoms with Gasteiger partial charge in [-0.05, 0) is 6.92 Å². The molecule has 13 heavy (non-hydrogen) atoms. The van der Waals surface area contributed by atoms with E-state index in [1.807, 2.05) is 0 Å². The summed E-state index contributed by atoms with van der Waals surface area (Å²) >= 11 is 0. The zero-order valence-corrected chi connectivity index (χ0v) is 7.56. The normalized spacial score (nSPS) is 12.5. The molecule has 0 unspecified atom stereocenters. The molecule has 0 saturated carbocycles. The SMILES string of the molecule is C[C@@H](O)C(=O)NCc1cnn(C)n1. The monoisotopic (exact) mass is 184 g/mol. The van der Waals surface area contributed by atoms with Crippen LogP contribution in [0.25, 0.3) is 0 Å². The van der Waals surface area contributed by atoms with Crippen LogP contribution in [-0.4, -0.2) is 32.1 Å². The number of nitrogens with one attached hydrogen (secondary N) is 1. The molecular weight excluding hydrogens is 172 g/mol. The fourth-order valence-electron chi connectivity index (χ4n) is 0.794. The van der Waals surface area contributed by atoms with Gasteiger partial charge in [0.05, 0.1) is 12.7 Å². The topological polar surface area (TPSA) is 80.0 Å². The van der Waals surface area contributed by atoms with Crippen LogP contribution in [0, 0.1) is 0 Å². The van der Waals surface area contributed by atoms with Crippen molar-refractivity contribution in [3.05, 3.63) is 11.9 Å². The van der Waals surface area contributed by atoms with Gasteiger partial charge in [-0.3, -0.25) is 4.79 Å². The Bertz CT molecular complexity index is 294. The molecule has 1 amide bonds. The lowest BCUT2D eigenvalue weighted by atomic mass is 10.3. The van der Waals surface area contributed by atoms with Crippen molar-refractivity contribution in [1.29, 1.82) is 0 Å². The summed E-state index contributed by atoms with van der Waals surface area (Å²) in [5, 5.41) is 19.1. The summed E-state index contributed by atoms with van der Waals surface area (Å²) in [6, 6.07) is 0. The molecule has 0 radical (unpaired) electrons. The Labute approximate surface area is 75.6 Å². The van der Waals surface area contributed by atoms with E-state index >= 15 is 0 Å². The van der Waals surface area contributed by atoms with Crippen molar-refractivity contribution in [1.82, 2.24) is 20.3 Å². The van der Waals surface area contributed by atoms with Gasteiger partial charge in [-0.2, -0.15) is 15.0 Å². The van der Waals surface area contributed by atoms with Crippen molar-refractivity contribution in [2.24, 2.45) is 7.05 Å². The van der Waals surface area contributed by atoms with Gasteiger partial charge in [0.25, 0.3) is 0 Å². The van der Waals surface area contributed by atoms with Crippen LogP contribution in [0.1, 0.15) is 12.6 Å². The van der Waals surface area contributed by atoms with Crippen LogP contribution in [0.15, 0.2) is 6.20 Å². The van der Waals surface area contributed by atoms with Crippen molar-refractivity contribution in [3.8, 4) is 0 Å². The van der Waals surface area contributed by atoms with E-state index in [9.17, 15) is 4.79 Å². The lowest BCUT2D eigenvalue weighted by Gasteiger charge is -2.03. The van der Waals surface area contributed by atoms with Crippen LogP contribution in [0.4, 0.5) is 0 Å². The highest BCUT2D eigenvalue weighted by Gasteiger charge is 2.08. The van der Waals surface area contributed by atoms with E-state index in [0.29, 0.717) is 5.69 Å². The van der Waals surface area contributed by atoms with Gasteiger partial charge in [0.2, 0.25) is 5.91 Å². The zero-order chi connectivity index (χ0) is 9.84. The highest BCUT2D eigenvalue weighted by molar-refractivity contribution is 5.79. The first-order chi connectivity index (χ1) is 6.09. The van der Waals surface area contributed by atoms with Gasteiger partial charge in [0.15, 0.2) is 0 Å². The molecule has 1 rings (SSSR count). The average Bonchev–Trinajstić information content (AvgIpc) is 2.47. The van der Waals surface area contributed by atoms with E-state index in [0.717, 1.165) is 0 Å². The second-order valence-corrected chi connectivity index (χ2v) is 2.72. The fourth-order valence-corrected chi connectivity index (χ4v) is 0.794. The summed E-state index contributed by atoms with van der Waals surface area (Å²) in [5.74, 6) is -0.411. The van der Waals surface area contributed by atoms with Crippen LogP contribution >= 0.6 is 0 Å². The molecule has 0 fully saturated rings. The molecular formula is C7H12N4O2. The highest BCUT2D eigenvalue weighted by atomic mass is 16.3. The van der Waals surface area contributed by atoms with Crippen LogP contribution in [0.3, 0.4) is 0 Å². The largest absolute Gasteiger partial charge is 0.384 e. The molecule has 0 saturated heterocycles. The molecule has 0 aromatic carbocycles. The van der Waals surface area contributed by atoms with E-state index < -0.39 is 12.0 Å². The summed E-state index contributed by atoms with van der Waals surface area (Å²) in [6.07, 6.45) is 0.569. The van der Waals surface area contributed by atoms with Gasteiger partial charge in [0, 0.05) is 7.05 Å². The lowest BCUT2D eigenvalue weighted by Crippen LogP contribution is -2.32. The zero-order valence-electron chi connectivity index (χ0n) is 7.56. The first-order valence-corrected chi connectivity index (χ1v) is 3.90. The number of aliphatic hydroxyl groups excluding tert-OH is 1. The number of rotatable bonds is 3. The Morgan fingerprint density at radius 3 is 3.00 bits per heavy atom. The summed E-state index contributed by atoms with van der Waals surface area (Å²) < 4.78 is 0. The standard InChI is InChI=1S/C7H12N4O2/c1-5(12)7(13)8-3-6-4-9-11(2)10-6/h4-5,12H,3H2,1-2H3,(H,8,13)/t5-/m1/s1. The predicted octanol–water partition coefficient (Wildman–Crippen LogP) is -1.19. The van der Waals surface area contributed by atoms with Crippen LogP contribution in [0.5, 0.6) is 0 Å². The van der Waals surface area contributed by atoms with Crippen molar-refractivity contribution < 1.29 is 9.90 Å². The molecule has 0 aliphatic heterocycles. The Hall–Kier alpha value is -1.43.